The lowest BCUT2D eigenvalue weighted by atomic mass is 9.90. The van der Waals surface area contributed by atoms with Crippen LogP contribution < -0.4 is 5.32 Å². The van der Waals surface area contributed by atoms with Crippen LogP contribution in [0, 0.1) is 5.92 Å². The topological polar surface area (TPSA) is 18.5 Å². The van der Waals surface area contributed by atoms with Gasteiger partial charge >= 0.3 is 0 Å². The van der Waals surface area contributed by atoms with Gasteiger partial charge in [0.25, 0.3) is 0 Å². The molecule has 0 aromatic carbocycles. The fourth-order valence-electron chi connectivity index (χ4n) is 2.45. The highest BCUT2D eigenvalue weighted by Gasteiger charge is 2.26. The molecule has 0 amide bonds. The summed E-state index contributed by atoms with van der Waals surface area (Å²) in [4.78, 5) is 4.88. The number of rotatable bonds is 5. The van der Waals surface area contributed by atoms with Crippen molar-refractivity contribution in [3.8, 4) is 0 Å². The molecule has 0 spiro atoms. The van der Waals surface area contributed by atoms with Crippen LogP contribution in [0.15, 0.2) is 0 Å². The van der Waals surface area contributed by atoms with E-state index in [2.05, 4.69) is 43.2 Å². The zero-order valence-corrected chi connectivity index (χ0v) is 10.8. The second kappa shape index (κ2) is 6.46. The first-order chi connectivity index (χ1) is 7.17. The van der Waals surface area contributed by atoms with E-state index in [9.17, 15) is 0 Å². The fourth-order valence-corrected chi connectivity index (χ4v) is 2.45. The highest BCUT2D eigenvalue weighted by atomic mass is 15.2. The van der Waals surface area contributed by atoms with Crippen molar-refractivity contribution in [1.82, 2.24) is 15.1 Å². The average molecular weight is 213 g/mol. The fraction of sp³-hybridized carbons (Fsp3) is 1.00. The number of likely N-dealkylation sites (tertiary alicyclic amines) is 1. The molecule has 1 rings (SSSR count). The van der Waals surface area contributed by atoms with Gasteiger partial charge in [0, 0.05) is 25.7 Å². The first-order valence-electron chi connectivity index (χ1n) is 6.21. The van der Waals surface area contributed by atoms with Crippen LogP contribution in [-0.4, -0.2) is 63.2 Å². The Balaban J connectivity index is 2.32. The predicted molar refractivity (Wildman–Crippen MR) is 66.2 cm³/mol. The van der Waals surface area contributed by atoms with Crippen LogP contribution >= 0.6 is 0 Å². The first kappa shape index (κ1) is 12.9. The van der Waals surface area contributed by atoms with E-state index in [-0.39, 0.29) is 0 Å². The Morgan fingerprint density at radius 2 is 2.13 bits per heavy atom. The van der Waals surface area contributed by atoms with Gasteiger partial charge in [-0.05, 0) is 40.0 Å². The lowest BCUT2D eigenvalue weighted by molar-refractivity contribution is 0.130. The maximum atomic E-state index is 3.45. The molecular formula is C12H27N3. The van der Waals surface area contributed by atoms with Crippen LogP contribution in [0.3, 0.4) is 0 Å². The molecule has 0 aromatic rings. The number of piperidine rings is 1. The van der Waals surface area contributed by atoms with Gasteiger partial charge in [-0.15, -0.1) is 0 Å². The van der Waals surface area contributed by atoms with Crippen LogP contribution in [0.1, 0.15) is 19.8 Å². The third kappa shape index (κ3) is 4.09. The van der Waals surface area contributed by atoms with E-state index in [1.807, 2.05) is 0 Å². The number of nitrogens with one attached hydrogen (secondary N) is 1. The molecule has 90 valence electrons. The molecule has 3 nitrogen and oxygen atoms in total. The Kier molecular flexibility index (Phi) is 5.58. The van der Waals surface area contributed by atoms with E-state index < -0.39 is 0 Å². The van der Waals surface area contributed by atoms with Crippen molar-refractivity contribution < 1.29 is 0 Å². The van der Waals surface area contributed by atoms with Crippen molar-refractivity contribution in [1.29, 1.82) is 0 Å². The summed E-state index contributed by atoms with van der Waals surface area (Å²) in [5, 5.41) is 3.45. The standard InChI is InChI=1S/C12H27N3/c1-5-11-10-15(9-8-14(3)4)7-6-12(11)13-2/h11-13H,5-10H2,1-4H3. The molecule has 0 bridgehead atoms. The third-order valence-electron chi connectivity index (χ3n) is 3.58. The van der Waals surface area contributed by atoms with Crippen LogP contribution in [0.25, 0.3) is 0 Å². The van der Waals surface area contributed by atoms with Crippen molar-refractivity contribution in [3.63, 3.8) is 0 Å². The molecule has 15 heavy (non-hydrogen) atoms. The molecular weight excluding hydrogens is 186 g/mol. The summed E-state index contributed by atoms with van der Waals surface area (Å²) in [5.41, 5.74) is 0. The molecule has 1 heterocycles. The third-order valence-corrected chi connectivity index (χ3v) is 3.58. The van der Waals surface area contributed by atoms with Crippen molar-refractivity contribution in [2.24, 2.45) is 5.92 Å². The summed E-state index contributed by atoms with van der Waals surface area (Å²) in [6, 6.07) is 0.741. The van der Waals surface area contributed by atoms with Crippen molar-refractivity contribution in [3.05, 3.63) is 0 Å². The molecule has 0 saturated carbocycles. The summed E-state index contributed by atoms with van der Waals surface area (Å²) >= 11 is 0. The SMILES string of the molecule is CCC1CN(CCN(C)C)CCC1NC. The summed E-state index contributed by atoms with van der Waals surface area (Å²) in [6.45, 7) is 7.25. The van der Waals surface area contributed by atoms with Gasteiger partial charge in [-0.3, -0.25) is 0 Å². The number of hydrogen-bond donors (Lipinski definition) is 1. The Bertz CT molecular complexity index is 170. The second-order valence-electron chi connectivity index (χ2n) is 4.96. The Morgan fingerprint density at radius 3 is 2.67 bits per heavy atom. The summed E-state index contributed by atoms with van der Waals surface area (Å²) in [5.74, 6) is 0.839. The molecule has 0 radical (unpaired) electrons. The molecule has 2 unspecified atom stereocenters. The minimum absolute atomic E-state index is 0.741. The van der Waals surface area contributed by atoms with Crippen molar-refractivity contribution in [2.45, 2.75) is 25.8 Å². The molecule has 1 aliphatic heterocycles. The lowest BCUT2D eigenvalue weighted by Crippen LogP contribution is -2.49. The van der Waals surface area contributed by atoms with Crippen LogP contribution in [-0.2, 0) is 0 Å². The van der Waals surface area contributed by atoms with Gasteiger partial charge in [0.2, 0.25) is 0 Å². The minimum Gasteiger partial charge on any atom is -0.317 e. The predicted octanol–water partition coefficient (Wildman–Crippen LogP) is 0.868. The number of nitrogens with zero attached hydrogens (tertiary/aromatic N) is 2. The molecule has 1 saturated heterocycles. The summed E-state index contributed by atoms with van der Waals surface area (Å²) in [6.07, 6.45) is 2.60. The molecule has 3 heteroatoms. The largest absolute Gasteiger partial charge is 0.317 e. The highest BCUT2D eigenvalue weighted by Crippen LogP contribution is 2.19. The van der Waals surface area contributed by atoms with Crippen LogP contribution in [0.5, 0.6) is 0 Å². The molecule has 1 aliphatic rings. The maximum absolute atomic E-state index is 3.45. The quantitative estimate of drug-likeness (QED) is 0.731. The van der Waals surface area contributed by atoms with Gasteiger partial charge in [0.1, 0.15) is 0 Å². The van der Waals surface area contributed by atoms with Gasteiger partial charge in [0.15, 0.2) is 0 Å². The second-order valence-corrected chi connectivity index (χ2v) is 4.96. The zero-order valence-electron chi connectivity index (χ0n) is 10.8. The minimum atomic E-state index is 0.741. The molecule has 1 fully saturated rings. The average Bonchev–Trinajstić information content (AvgIpc) is 2.25. The maximum Gasteiger partial charge on any atom is 0.0117 e. The Labute approximate surface area is 94.8 Å². The normalized spacial score (nSPS) is 28.6. The van der Waals surface area contributed by atoms with E-state index in [1.165, 1.54) is 39.0 Å². The van der Waals surface area contributed by atoms with Crippen molar-refractivity contribution >= 4 is 0 Å². The Morgan fingerprint density at radius 1 is 1.40 bits per heavy atom. The first-order valence-corrected chi connectivity index (χ1v) is 6.21. The number of likely N-dealkylation sites (N-methyl/N-ethyl adjacent to an activating group) is 1. The van der Waals surface area contributed by atoms with Gasteiger partial charge < -0.3 is 15.1 Å². The molecule has 2 atom stereocenters. The van der Waals surface area contributed by atoms with Crippen LogP contribution in [0.4, 0.5) is 0 Å². The molecule has 1 N–H and O–H groups in total. The Hall–Kier alpha value is -0.120. The zero-order chi connectivity index (χ0) is 11.3. The number of hydrogen-bond acceptors (Lipinski definition) is 3. The smallest absolute Gasteiger partial charge is 0.0117 e. The monoisotopic (exact) mass is 213 g/mol. The lowest BCUT2D eigenvalue weighted by Gasteiger charge is -2.38. The summed E-state index contributed by atoms with van der Waals surface area (Å²) < 4.78 is 0. The van der Waals surface area contributed by atoms with E-state index in [0.717, 1.165) is 12.0 Å². The van der Waals surface area contributed by atoms with E-state index in [0.29, 0.717) is 0 Å². The van der Waals surface area contributed by atoms with Crippen molar-refractivity contribution in [2.75, 3.05) is 47.3 Å². The molecule has 0 aliphatic carbocycles. The van der Waals surface area contributed by atoms with Crippen LogP contribution in [0.2, 0.25) is 0 Å². The van der Waals surface area contributed by atoms with Gasteiger partial charge in [-0.1, -0.05) is 13.3 Å². The van der Waals surface area contributed by atoms with Gasteiger partial charge in [-0.2, -0.15) is 0 Å². The van der Waals surface area contributed by atoms with Gasteiger partial charge in [0.05, 0.1) is 0 Å². The van der Waals surface area contributed by atoms with E-state index in [4.69, 9.17) is 0 Å². The summed E-state index contributed by atoms with van der Waals surface area (Å²) in [7, 11) is 6.40. The van der Waals surface area contributed by atoms with E-state index in [1.54, 1.807) is 0 Å². The van der Waals surface area contributed by atoms with Gasteiger partial charge in [-0.25, -0.2) is 0 Å². The van der Waals surface area contributed by atoms with E-state index >= 15 is 0 Å². The molecule has 0 aromatic heterocycles. The highest BCUT2D eigenvalue weighted by molar-refractivity contribution is 4.83.